The Kier molecular flexibility index (Phi) is 7.26. The first kappa shape index (κ1) is 18.8. The van der Waals surface area contributed by atoms with Crippen LogP contribution in [-0.4, -0.2) is 31.1 Å². The van der Waals surface area contributed by atoms with Gasteiger partial charge in [-0.1, -0.05) is 35.4 Å². The fourth-order valence-corrected chi connectivity index (χ4v) is 2.70. The third-order valence-electron chi connectivity index (χ3n) is 3.72. The smallest absolute Gasteiger partial charge is 0.213 e. The van der Waals surface area contributed by atoms with Crippen LogP contribution in [0.4, 0.5) is 0 Å². The molecule has 0 saturated carbocycles. The summed E-state index contributed by atoms with van der Waals surface area (Å²) in [6, 6.07) is 12.4. The van der Waals surface area contributed by atoms with Crippen LogP contribution in [0.3, 0.4) is 0 Å². The lowest BCUT2D eigenvalue weighted by Crippen LogP contribution is -2.38. The number of nitrogens with one attached hydrogen (secondary N) is 2. The summed E-state index contributed by atoms with van der Waals surface area (Å²) < 4.78 is 5.15. The van der Waals surface area contributed by atoms with Gasteiger partial charge in [-0.3, -0.25) is 0 Å². The second kappa shape index (κ2) is 9.67. The van der Waals surface area contributed by atoms with Gasteiger partial charge in [0.1, 0.15) is 0 Å². The average Bonchev–Trinajstić information content (AvgIpc) is 2.59. The first-order valence-electron chi connectivity index (χ1n) is 8.70. The Morgan fingerprint density at radius 1 is 1.12 bits per heavy atom. The van der Waals surface area contributed by atoms with Crippen LogP contribution in [0.15, 0.2) is 41.4 Å². The molecule has 0 fully saturated rings. The van der Waals surface area contributed by atoms with E-state index in [2.05, 4.69) is 59.6 Å². The molecule has 0 unspecified atom stereocenters. The van der Waals surface area contributed by atoms with Crippen molar-refractivity contribution >= 4 is 5.96 Å². The molecule has 25 heavy (non-hydrogen) atoms. The summed E-state index contributed by atoms with van der Waals surface area (Å²) in [6.07, 6.45) is 0.963. The average molecular weight is 340 g/mol. The zero-order valence-corrected chi connectivity index (χ0v) is 15.6. The maximum absolute atomic E-state index is 5.15. The summed E-state index contributed by atoms with van der Waals surface area (Å²) in [4.78, 5) is 8.99. The fraction of sp³-hybridized carbons (Fsp3) is 0.400. The van der Waals surface area contributed by atoms with Gasteiger partial charge in [0.2, 0.25) is 5.88 Å². The molecule has 1 aromatic heterocycles. The van der Waals surface area contributed by atoms with E-state index in [1.807, 2.05) is 18.2 Å². The van der Waals surface area contributed by atoms with Gasteiger partial charge in [-0.2, -0.15) is 0 Å². The van der Waals surface area contributed by atoms with Crippen LogP contribution < -0.4 is 15.4 Å². The van der Waals surface area contributed by atoms with Gasteiger partial charge in [-0.15, -0.1) is 0 Å². The minimum atomic E-state index is 0.510. The van der Waals surface area contributed by atoms with Gasteiger partial charge < -0.3 is 15.4 Å². The predicted molar refractivity (Wildman–Crippen MR) is 103 cm³/mol. The first-order valence-corrected chi connectivity index (χ1v) is 8.70. The molecule has 0 aliphatic heterocycles. The molecule has 0 radical (unpaired) electrons. The highest BCUT2D eigenvalue weighted by Crippen LogP contribution is 2.09. The Labute approximate surface area is 150 Å². The third kappa shape index (κ3) is 6.45. The predicted octanol–water partition coefficient (Wildman–Crippen LogP) is 3.00. The number of pyridine rings is 1. The topological polar surface area (TPSA) is 58.5 Å². The fourth-order valence-electron chi connectivity index (χ4n) is 2.70. The lowest BCUT2D eigenvalue weighted by atomic mass is 10.1. The van der Waals surface area contributed by atoms with Crippen molar-refractivity contribution in [1.82, 2.24) is 15.6 Å². The standard InChI is InChI=1S/C20H28N4O/c1-5-21-20(23-14-18-7-6-8-19(24-18)25-4)22-10-9-17-12-15(2)11-16(3)13-17/h6-8,11-13H,5,9-10,14H2,1-4H3,(H2,21,22,23). The highest BCUT2D eigenvalue weighted by Gasteiger charge is 2.01. The minimum absolute atomic E-state index is 0.510. The van der Waals surface area contributed by atoms with Crippen LogP contribution in [0.1, 0.15) is 29.3 Å². The van der Waals surface area contributed by atoms with E-state index < -0.39 is 0 Å². The van der Waals surface area contributed by atoms with E-state index in [4.69, 9.17) is 4.74 Å². The van der Waals surface area contributed by atoms with Crippen molar-refractivity contribution in [2.45, 2.75) is 33.7 Å². The monoisotopic (exact) mass is 340 g/mol. The van der Waals surface area contributed by atoms with Crippen LogP contribution in [0.25, 0.3) is 0 Å². The number of hydrogen-bond donors (Lipinski definition) is 2. The third-order valence-corrected chi connectivity index (χ3v) is 3.72. The van der Waals surface area contributed by atoms with Gasteiger partial charge >= 0.3 is 0 Å². The summed E-state index contributed by atoms with van der Waals surface area (Å²) in [6.45, 7) is 8.50. The lowest BCUT2D eigenvalue weighted by Gasteiger charge is -2.12. The largest absolute Gasteiger partial charge is 0.481 e. The molecular formula is C20H28N4O. The number of nitrogens with zero attached hydrogens (tertiary/aromatic N) is 2. The summed E-state index contributed by atoms with van der Waals surface area (Å²) >= 11 is 0. The van der Waals surface area contributed by atoms with Crippen molar-refractivity contribution in [3.63, 3.8) is 0 Å². The number of methoxy groups -OCH3 is 1. The summed E-state index contributed by atoms with van der Waals surface area (Å²) in [5.41, 5.74) is 4.83. The van der Waals surface area contributed by atoms with Crippen molar-refractivity contribution in [2.75, 3.05) is 20.2 Å². The summed E-state index contributed by atoms with van der Waals surface area (Å²) in [5, 5.41) is 6.66. The first-order chi connectivity index (χ1) is 12.1. The molecule has 2 rings (SSSR count). The van der Waals surface area contributed by atoms with Gasteiger partial charge in [-0.25, -0.2) is 9.98 Å². The highest BCUT2D eigenvalue weighted by molar-refractivity contribution is 5.79. The zero-order valence-electron chi connectivity index (χ0n) is 15.6. The number of ether oxygens (including phenoxy) is 1. The molecule has 2 aromatic rings. The van der Waals surface area contributed by atoms with E-state index in [0.717, 1.165) is 31.2 Å². The Balaban J connectivity index is 1.92. The maximum Gasteiger partial charge on any atom is 0.213 e. The molecule has 1 heterocycles. The van der Waals surface area contributed by atoms with Gasteiger partial charge in [0.15, 0.2) is 5.96 Å². The summed E-state index contributed by atoms with van der Waals surface area (Å²) in [7, 11) is 1.62. The minimum Gasteiger partial charge on any atom is -0.481 e. The maximum atomic E-state index is 5.15. The SMILES string of the molecule is CCNC(=NCc1cccc(OC)n1)NCCc1cc(C)cc(C)c1. The molecule has 0 amide bonds. The molecule has 0 aliphatic rings. The summed E-state index contributed by atoms with van der Waals surface area (Å²) in [5.74, 6) is 1.41. The molecule has 1 aromatic carbocycles. The quantitative estimate of drug-likeness (QED) is 0.601. The van der Waals surface area contributed by atoms with E-state index in [-0.39, 0.29) is 0 Å². The Morgan fingerprint density at radius 3 is 2.56 bits per heavy atom. The van der Waals surface area contributed by atoms with Gasteiger partial charge in [0, 0.05) is 19.2 Å². The van der Waals surface area contributed by atoms with Gasteiger partial charge in [-0.05, 0) is 38.8 Å². The number of guanidine groups is 1. The van der Waals surface area contributed by atoms with E-state index in [9.17, 15) is 0 Å². The molecule has 0 atom stereocenters. The molecule has 5 nitrogen and oxygen atoms in total. The van der Waals surface area contributed by atoms with Gasteiger partial charge in [0.05, 0.1) is 19.3 Å². The second-order valence-electron chi connectivity index (χ2n) is 6.04. The van der Waals surface area contributed by atoms with Crippen molar-refractivity contribution in [1.29, 1.82) is 0 Å². The van der Waals surface area contributed by atoms with E-state index >= 15 is 0 Å². The number of aromatic nitrogens is 1. The molecule has 0 aliphatic carbocycles. The number of hydrogen-bond acceptors (Lipinski definition) is 3. The van der Waals surface area contributed by atoms with Gasteiger partial charge in [0.25, 0.3) is 0 Å². The van der Waals surface area contributed by atoms with Crippen LogP contribution in [-0.2, 0) is 13.0 Å². The lowest BCUT2D eigenvalue weighted by molar-refractivity contribution is 0.396. The van der Waals surface area contributed by atoms with Crippen molar-refractivity contribution < 1.29 is 4.74 Å². The number of benzene rings is 1. The van der Waals surface area contributed by atoms with Crippen LogP contribution in [0.5, 0.6) is 5.88 Å². The zero-order chi connectivity index (χ0) is 18.1. The van der Waals surface area contributed by atoms with Crippen LogP contribution in [0.2, 0.25) is 0 Å². The number of aryl methyl sites for hydroxylation is 2. The van der Waals surface area contributed by atoms with E-state index in [1.54, 1.807) is 7.11 Å². The molecule has 0 spiro atoms. The van der Waals surface area contributed by atoms with Crippen molar-refractivity contribution in [2.24, 2.45) is 4.99 Å². The molecule has 0 bridgehead atoms. The van der Waals surface area contributed by atoms with E-state index in [0.29, 0.717) is 12.4 Å². The molecule has 5 heteroatoms. The molecular weight excluding hydrogens is 312 g/mol. The second-order valence-corrected chi connectivity index (χ2v) is 6.04. The number of aliphatic imine (C=N–C) groups is 1. The van der Waals surface area contributed by atoms with Crippen LogP contribution >= 0.6 is 0 Å². The van der Waals surface area contributed by atoms with Crippen LogP contribution in [0, 0.1) is 13.8 Å². The molecule has 2 N–H and O–H groups in total. The Morgan fingerprint density at radius 2 is 1.88 bits per heavy atom. The van der Waals surface area contributed by atoms with E-state index in [1.165, 1.54) is 16.7 Å². The number of rotatable bonds is 7. The molecule has 134 valence electrons. The Hall–Kier alpha value is -2.56. The van der Waals surface area contributed by atoms with Crippen molar-refractivity contribution in [3.05, 3.63) is 58.8 Å². The Bertz CT molecular complexity index is 692. The van der Waals surface area contributed by atoms with Crippen molar-refractivity contribution in [3.8, 4) is 5.88 Å². The normalized spacial score (nSPS) is 11.3. The molecule has 0 saturated heterocycles. The highest BCUT2D eigenvalue weighted by atomic mass is 16.5.